The first-order valence-electron chi connectivity index (χ1n) is 3.50. The average Bonchev–Trinajstić information content (AvgIpc) is 2.15. The number of carbonyl (C=O) groups is 1. The number of primary amides is 1. The molecule has 0 radical (unpaired) electrons. The molecule has 1 amide bonds. The summed E-state index contributed by atoms with van der Waals surface area (Å²) in [6.45, 7) is 0. The maximum atomic E-state index is 10.5. The molecule has 13 heavy (non-hydrogen) atoms. The highest BCUT2D eigenvalue weighted by atomic mass is 32.2. The monoisotopic (exact) mass is 193 g/mol. The van der Waals surface area contributed by atoms with Crippen molar-refractivity contribution in [2.75, 3.05) is 5.75 Å². The van der Waals surface area contributed by atoms with Gasteiger partial charge in [0.1, 0.15) is 11.1 Å². The van der Waals surface area contributed by atoms with Crippen LogP contribution in [0.4, 0.5) is 0 Å². The number of aromatic nitrogens is 1. The molecule has 1 heterocycles. The molecule has 0 aliphatic rings. The summed E-state index contributed by atoms with van der Waals surface area (Å²) >= 11 is 1.17. The molecule has 0 fully saturated rings. The lowest BCUT2D eigenvalue weighted by molar-refractivity contribution is -0.115. The number of nitrogens with zero attached hydrogens (tertiary/aromatic N) is 2. The first-order chi connectivity index (χ1) is 6.24. The second-order valence-electron chi connectivity index (χ2n) is 2.22. The Morgan fingerprint density at radius 3 is 3.15 bits per heavy atom. The van der Waals surface area contributed by atoms with E-state index in [0.29, 0.717) is 10.6 Å². The molecule has 66 valence electrons. The van der Waals surface area contributed by atoms with Gasteiger partial charge in [-0.15, -0.1) is 0 Å². The maximum Gasteiger partial charge on any atom is 0.227 e. The quantitative estimate of drug-likeness (QED) is 0.710. The number of hydrogen-bond acceptors (Lipinski definition) is 4. The molecular formula is C8H7N3OS. The molecule has 0 atom stereocenters. The number of carbonyl (C=O) groups excluding carboxylic acids is 1. The number of nitriles is 1. The second kappa shape index (κ2) is 4.48. The third kappa shape index (κ3) is 2.76. The van der Waals surface area contributed by atoms with Crippen molar-refractivity contribution in [1.29, 1.82) is 5.26 Å². The number of amides is 1. The van der Waals surface area contributed by atoms with E-state index in [1.165, 1.54) is 11.8 Å². The first-order valence-corrected chi connectivity index (χ1v) is 4.49. The van der Waals surface area contributed by atoms with Crippen molar-refractivity contribution in [1.82, 2.24) is 4.98 Å². The average molecular weight is 193 g/mol. The predicted molar refractivity (Wildman–Crippen MR) is 48.9 cm³/mol. The summed E-state index contributed by atoms with van der Waals surface area (Å²) < 4.78 is 0. The normalized spacial score (nSPS) is 9.15. The molecule has 4 nitrogen and oxygen atoms in total. The molecule has 0 saturated carbocycles. The molecular weight excluding hydrogens is 186 g/mol. The van der Waals surface area contributed by atoms with Crippen molar-refractivity contribution in [2.24, 2.45) is 5.73 Å². The van der Waals surface area contributed by atoms with E-state index in [-0.39, 0.29) is 5.75 Å². The zero-order chi connectivity index (χ0) is 9.68. The highest BCUT2D eigenvalue weighted by molar-refractivity contribution is 7.99. The third-order valence-electron chi connectivity index (χ3n) is 1.24. The fourth-order valence-corrected chi connectivity index (χ4v) is 1.41. The minimum atomic E-state index is -0.417. The number of thioether (sulfide) groups is 1. The van der Waals surface area contributed by atoms with Crippen LogP contribution in [0.25, 0.3) is 0 Å². The molecule has 0 spiro atoms. The van der Waals surface area contributed by atoms with Crippen molar-refractivity contribution >= 4 is 17.7 Å². The molecule has 5 heteroatoms. The summed E-state index contributed by atoms with van der Waals surface area (Å²) in [4.78, 5) is 14.4. The van der Waals surface area contributed by atoms with Crippen molar-refractivity contribution < 1.29 is 4.79 Å². The molecule has 0 saturated heterocycles. The Morgan fingerprint density at radius 2 is 2.54 bits per heavy atom. The topological polar surface area (TPSA) is 79.8 Å². The van der Waals surface area contributed by atoms with Crippen LogP contribution in [-0.2, 0) is 4.79 Å². The fourth-order valence-electron chi connectivity index (χ4n) is 0.730. The van der Waals surface area contributed by atoms with Crippen molar-refractivity contribution in [3.8, 4) is 6.07 Å². The summed E-state index contributed by atoms with van der Waals surface area (Å²) in [5.74, 6) is -0.273. The molecule has 0 bridgehead atoms. The number of rotatable bonds is 3. The van der Waals surface area contributed by atoms with Gasteiger partial charge in [-0.2, -0.15) is 5.26 Å². The molecule has 1 aromatic heterocycles. The summed E-state index contributed by atoms with van der Waals surface area (Å²) in [5, 5.41) is 9.21. The van der Waals surface area contributed by atoms with E-state index in [0.717, 1.165) is 0 Å². The molecule has 0 aliphatic carbocycles. The smallest absolute Gasteiger partial charge is 0.227 e. The van der Waals surface area contributed by atoms with E-state index in [9.17, 15) is 4.79 Å². The van der Waals surface area contributed by atoms with Crippen LogP contribution >= 0.6 is 11.8 Å². The Bertz CT molecular complexity index is 359. The molecule has 0 unspecified atom stereocenters. The van der Waals surface area contributed by atoms with Gasteiger partial charge in [0.2, 0.25) is 5.91 Å². The highest BCUT2D eigenvalue weighted by Crippen LogP contribution is 2.18. The van der Waals surface area contributed by atoms with Gasteiger partial charge in [0, 0.05) is 6.20 Å². The summed E-state index contributed by atoms with van der Waals surface area (Å²) in [7, 11) is 0. The zero-order valence-electron chi connectivity index (χ0n) is 6.73. The summed E-state index contributed by atoms with van der Waals surface area (Å²) in [6.07, 6.45) is 1.57. The first kappa shape index (κ1) is 9.55. The summed E-state index contributed by atoms with van der Waals surface area (Å²) in [5.41, 5.74) is 5.43. The zero-order valence-corrected chi connectivity index (χ0v) is 7.54. The van der Waals surface area contributed by atoms with Gasteiger partial charge in [-0.3, -0.25) is 4.79 Å². The van der Waals surface area contributed by atoms with Crippen molar-refractivity contribution in [3.63, 3.8) is 0 Å². The fraction of sp³-hybridized carbons (Fsp3) is 0.125. The Morgan fingerprint density at radius 1 is 1.77 bits per heavy atom. The van der Waals surface area contributed by atoms with Gasteiger partial charge in [0.15, 0.2) is 0 Å². The van der Waals surface area contributed by atoms with E-state index in [1.807, 2.05) is 6.07 Å². The van der Waals surface area contributed by atoms with E-state index < -0.39 is 5.91 Å². The highest BCUT2D eigenvalue weighted by Gasteiger charge is 2.04. The van der Waals surface area contributed by atoms with Crippen molar-refractivity contribution in [3.05, 3.63) is 23.9 Å². The van der Waals surface area contributed by atoms with Crippen LogP contribution in [0.2, 0.25) is 0 Å². The molecule has 1 aromatic rings. The second-order valence-corrected chi connectivity index (χ2v) is 3.19. The SMILES string of the molecule is N#Cc1cccnc1SCC(N)=O. The number of hydrogen-bond donors (Lipinski definition) is 1. The van der Waals surface area contributed by atoms with Crippen LogP contribution in [0.1, 0.15) is 5.56 Å². The van der Waals surface area contributed by atoms with Crippen LogP contribution in [0, 0.1) is 11.3 Å². The molecule has 0 aromatic carbocycles. The standard InChI is InChI=1S/C8H7N3OS/c9-4-6-2-1-3-11-8(6)13-5-7(10)12/h1-3H,5H2,(H2,10,12). The van der Waals surface area contributed by atoms with Crippen LogP contribution in [0.3, 0.4) is 0 Å². The number of pyridine rings is 1. The largest absolute Gasteiger partial charge is 0.369 e. The van der Waals surface area contributed by atoms with Gasteiger partial charge in [0.05, 0.1) is 11.3 Å². The van der Waals surface area contributed by atoms with Gasteiger partial charge >= 0.3 is 0 Å². The number of nitrogens with two attached hydrogens (primary N) is 1. The van der Waals surface area contributed by atoms with Crippen molar-refractivity contribution in [2.45, 2.75) is 5.03 Å². The van der Waals surface area contributed by atoms with Crippen LogP contribution in [0.15, 0.2) is 23.4 Å². The Hall–Kier alpha value is -1.54. The van der Waals surface area contributed by atoms with Gasteiger partial charge in [0.25, 0.3) is 0 Å². The summed E-state index contributed by atoms with van der Waals surface area (Å²) in [6, 6.07) is 5.31. The minimum Gasteiger partial charge on any atom is -0.369 e. The Kier molecular flexibility index (Phi) is 3.29. The van der Waals surface area contributed by atoms with Crippen LogP contribution in [0.5, 0.6) is 0 Å². The van der Waals surface area contributed by atoms with Gasteiger partial charge in [-0.25, -0.2) is 4.98 Å². The lowest BCUT2D eigenvalue weighted by atomic mass is 10.3. The van der Waals surface area contributed by atoms with E-state index in [1.54, 1.807) is 18.3 Å². The van der Waals surface area contributed by atoms with Gasteiger partial charge in [-0.1, -0.05) is 11.8 Å². The van der Waals surface area contributed by atoms with Gasteiger partial charge < -0.3 is 5.73 Å². The van der Waals surface area contributed by atoms with Crippen LogP contribution < -0.4 is 5.73 Å². The van der Waals surface area contributed by atoms with E-state index >= 15 is 0 Å². The Labute approximate surface area is 79.8 Å². The lowest BCUT2D eigenvalue weighted by Crippen LogP contribution is -2.13. The van der Waals surface area contributed by atoms with E-state index in [4.69, 9.17) is 11.0 Å². The lowest BCUT2D eigenvalue weighted by Gasteiger charge is -1.98. The molecule has 0 aliphatic heterocycles. The van der Waals surface area contributed by atoms with Crippen LogP contribution in [-0.4, -0.2) is 16.6 Å². The predicted octanol–water partition coefficient (Wildman–Crippen LogP) is 0.531. The minimum absolute atomic E-state index is 0.145. The third-order valence-corrected chi connectivity index (χ3v) is 2.27. The Balaban J connectivity index is 2.77. The molecule has 2 N–H and O–H groups in total. The maximum absolute atomic E-state index is 10.5. The van der Waals surface area contributed by atoms with Gasteiger partial charge in [-0.05, 0) is 12.1 Å². The molecule has 1 rings (SSSR count). The van der Waals surface area contributed by atoms with E-state index in [2.05, 4.69) is 4.98 Å².